The third-order valence-corrected chi connectivity index (χ3v) is 2.90. The fraction of sp³-hybridized carbons (Fsp3) is 0.429. The molecular weight excluding hydrogens is 182 g/mol. The Morgan fingerprint density at radius 1 is 1.20 bits per heavy atom. The highest BCUT2D eigenvalue weighted by molar-refractivity contribution is 5.31. The molecule has 0 aliphatic carbocycles. The lowest BCUT2D eigenvalue weighted by molar-refractivity contribution is 0.537. The van der Waals surface area contributed by atoms with Gasteiger partial charge in [-0.25, -0.2) is 0 Å². The summed E-state index contributed by atoms with van der Waals surface area (Å²) in [6.45, 7) is 12.4. The second kappa shape index (κ2) is 5.13. The van der Waals surface area contributed by atoms with E-state index in [9.17, 15) is 0 Å². The minimum absolute atomic E-state index is 0.349. The van der Waals surface area contributed by atoms with Crippen LogP contribution >= 0.6 is 0 Å². The van der Waals surface area contributed by atoms with Crippen molar-refractivity contribution in [1.29, 1.82) is 0 Å². The van der Waals surface area contributed by atoms with Gasteiger partial charge in [-0.1, -0.05) is 24.3 Å². The molecule has 0 saturated heterocycles. The second-order valence-corrected chi connectivity index (χ2v) is 4.26. The van der Waals surface area contributed by atoms with E-state index >= 15 is 0 Å². The first kappa shape index (κ1) is 12.0. The molecule has 1 aromatic carbocycles. The van der Waals surface area contributed by atoms with Gasteiger partial charge in [-0.3, -0.25) is 0 Å². The van der Waals surface area contributed by atoms with Crippen molar-refractivity contribution in [2.24, 2.45) is 0 Å². The van der Waals surface area contributed by atoms with Crippen LogP contribution in [0.5, 0.6) is 0 Å². The molecular formula is C14H21N. The van der Waals surface area contributed by atoms with E-state index in [1.54, 1.807) is 0 Å². The maximum Gasteiger partial charge on any atom is 0.0297 e. The molecule has 0 heterocycles. The molecule has 0 spiro atoms. The number of benzene rings is 1. The van der Waals surface area contributed by atoms with Gasteiger partial charge in [0.2, 0.25) is 0 Å². The first-order valence-electron chi connectivity index (χ1n) is 5.50. The van der Waals surface area contributed by atoms with E-state index in [4.69, 9.17) is 0 Å². The molecule has 0 aliphatic rings. The quantitative estimate of drug-likeness (QED) is 0.738. The van der Waals surface area contributed by atoms with E-state index in [1.165, 1.54) is 16.7 Å². The lowest BCUT2D eigenvalue weighted by Crippen LogP contribution is -2.26. The van der Waals surface area contributed by atoms with Gasteiger partial charge >= 0.3 is 0 Å². The Morgan fingerprint density at radius 3 is 2.40 bits per heavy atom. The van der Waals surface area contributed by atoms with Gasteiger partial charge < -0.3 is 5.32 Å². The average molecular weight is 203 g/mol. The second-order valence-electron chi connectivity index (χ2n) is 4.26. The molecule has 2 atom stereocenters. The topological polar surface area (TPSA) is 12.0 Å². The lowest BCUT2D eigenvalue weighted by atomic mass is 10.0. The van der Waals surface area contributed by atoms with Gasteiger partial charge in [-0.05, 0) is 44.4 Å². The van der Waals surface area contributed by atoms with Crippen LogP contribution in [-0.2, 0) is 0 Å². The van der Waals surface area contributed by atoms with Gasteiger partial charge in [0.1, 0.15) is 0 Å². The van der Waals surface area contributed by atoms with Crippen LogP contribution in [0.15, 0.2) is 30.9 Å². The first-order chi connectivity index (χ1) is 7.04. The summed E-state index contributed by atoms with van der Waals surface area (Å²) < 4.78 is 0. The standard InChI is InChI=1S/C14H21N/c1-6-12(4)15-13(5)14-8-7-10(2)11(3)9-14/h6-9,12-13,15H,1H2,2-5H3. The summed E-state index contributed by atoms with van der Waals surface area (Å²) in [7, 11) is 0. The fourth-order valence-corrected chi connectivity index (χ4v) is 1.59. The molecule has 1 N–H and O–H groups in total. The number of rotatable bonds is 4. The van der Waals surface area contributed by atoms with E-state index in [0.717, 1.165) is 0 Å². The summed E-state index contributed by atoms with van der Waals surface area (Å²) in [5.41, 5.74) is 4.04. The van der Waals surface area contributed by atoms with Crippen LogP contribution in [0.2, 0.25) is 0 Å². The molecule has 0 bridgehead atoms. The smallest absolute Gasteiger partial charge is 0.0297 e. The van der Waals surface area contributed by atoms with Gasteiger partial charge in [0.15, 0.2) is 0 Å². The molecule has 2 unspecified atom stereocenters. The predicted octanol–water partition coefficient (Wildman–Crippen LogP) is 3.53. The summed E-state index contributed by atoms with van der Waals surface area (Å²) in [6, 6.07) is 7.35. The highest BCUT2D eigenvalue weighted by Gasteiger charge is 2.07. The molecule has 1 rings (SSSR count). The fourth-order valence-electron chi connectivity index (χ4n) is 1.59. The summed E-state index contributed by atoms with van der Waals surface area (Å²) >= 11 is 0. The zero-order chi connectivity index (χ0) is 11.4. The molecule has 0 fully saturated rings. The summed E-state index contributed by atoms with van der Waals surface area (Å²) in [6.07, 6.45) is 1.93. The predicted molar refractivity (Wildman–Crippen MR) is 67.1 cm³/mol. The van der Waals surface area contributed by atoms with Crippen molar-refractivity contribution >= 4 is 0 Å². The van der Waals surface area contributed by atoms with Crippen LogP contribution in [0.25, 0.3) is 0 Å². The van der Waals surface area contributed by atoms with Crippen LogP contribution in [0.4, 0.5) is 0 Å². The molecule has 0 aliphatic heterocycles. The van der Waals surface area contributed by atoms with Crippen LogP contribution < -0.4 is 5.32 Å². The monoisotopic (exact) mass is 203 g/mol. The molecule has 0 radical (unpaired) electrons. The Kier molecular flexibility index (Phi) is 4.10. The Balaban J connectivity index is 2.77. The lowest BCUT2D eigenvalue weighted by Gasteiger charge is -2.18. The molecule has 1 heteroatoms. The maximum atomic E-state index is 3.78. The van der Waals surface area contributed by atoms with Gasteiger partial charge in [0, 0.05) is 12.1 Å². The SMILES string of the molecule is C=CC(C)NC(C)c1ccc(C)c(C)c1. The molecule has 15 heavy (non-hydrogen) atoms. The minimum Gasteiger partial charge on any atom is -0.304 e. The van der Waals surface area contributed by atoms with Gasteiger partial charge in [0.25, 0.3) is 0 Å². The van der Waals surface area contributed by atoms with Crippen molar-refractivity contribution in [3.63, 3.8) is 0 Å². The highest BCUT2D eigenvalue weighted by atomic mass is 14.9. The normalized spacial score (nSPS) is 14.7. The van der Waals surface area contributed by atoms with E-state index < -0.39 is 0 Å². The zero-order valence-corrected chi connectivity index (χ0v) is 10.2. The number of aryl methyl sites for hydroxylation is 2. The van der Waals surface area contributed by atoms with E-state index in [0.29, 0.717) is 12.1 Å². The largest absolute Gasteiger partial charge is 0.304 e. The van der Waals surface area contributed by atoms with Crippen molar-refractivity contribution in [3.8, 4) is 0 Å². The Hall–Kier alpha value is -1.08. The third-order valence-electron chi connectivity index (χ3n) is 2.90. The summed E-state index contributed by atoms with van der Waals surface area (Å²) in [5, 5.41) is 3.47. The van der Waals surface area contributed by atoms with Crippen LogP contribution in [-0.4, -0.2) is 6.04 Å². The Labute approximate surface area is 93.2 Å². The van der Waals surface area contributed by atoms with Crippen molar-refractivity contribution in [1.82, 2.24) is 5.32 Å². The van der Waals surface area contributed by atoms with E-state index in [2.05, 4.69) is 57.8 Å². The van der Waals surface area contributed by atoms with Gasteiger partial charge in [-0.2, -0.15) is 0 Å². The first-order valence-corrected chi connectivity index (χ1v) is 5.50. The molecule has 82 valence electrons. The third kappa shape index (κ3) is 3.21. The highest BCUT2D eigenvalue weighted by Crippen LogP contribution is 2.17. The number of nitrogens with one attached hydrogen (secondary N) is 1. The van der Waals surface area contributed by atoms with Crippen molar-refractivity contribution in [3.05, 3.63) is 47.5 Å². The number of hydrogen-bond donors (Lipinski definition) is 1. The number of hydrogen-bond acceptors (Lipinski definition) is 1. The van der Waals surface area contributed by atoms with Crippen molar-refractivity contribution in [2.75, 3.05) is 0 Å². The molecule has 0 saturated carbocycles. The van der Waals surface area contributed by atoms with E-state index in [1.807, 2.05) is 6.08 Å². The minimum atomic E-state index is 0.349. The molecule has 0 amide bonds. The summed E-state index contributed by atoms with van der Waals surface area (Å²) in [4.78, 5) is 0. The molecule has 1 aromatic rings. The van der Waals surface area contributed by atoms with Crippen molar-refractivity contribution < 1.29 is 0 Å². The van der Waals surface area contributed by atoms with Crippen LogP contribution in [0.1, 0.15) is 36.6 Å². The van der Waals surface area contributed by atoms with Gasteiger partial charge in [-0.15, -0.1) is 6.58 Å². The zero-order valence-electron chi connectivity index (χ0n) is 10.2. The van der Waals surface area contributed by atoms with Gasteiger partial charge in [0.05, 0.1) is 0 Å². The Bertz CT molecular complexity index is 341. The van der Waals surface area contributed by atoms with Crippen molar-refractivity contribution in [2.45, 2.75) is 39.8 Å². The summed E-state index contributed by atoms with van der Waals surface area (Å²) in [5.74, 6) is 0. The van der Waals surface area contributed by atoms with Crippen LogP contribution in [0, 0.1) is 13.8 Å². The van der Waals surface area contributed by atoms with Crippen LogP contribution in [0.3, 0.4) is 0 Å². The maximum absolute atomic E-state index is 3.78. The van der Waals surface area contributed by atoms with E-state index in [-0.39, 0.29) is 0 Å². The Morgan fingerprint density at radius 2 is 1.87 bits per heavy atom. The molecule has 0 aromatic heterocycles. The average Bonchev–Trinajstić information content (AvgIpc) is 2.21. The molecule has 1 nitrogen and oxygen atoms in total.